The van der Waals surface area contributed by atoms with Gasteiger partial charge in [0.15, 0.2) is 0 Å². The minimum Gasteiger partial charge on any atom is -0.447 e. The van der Waals surface area contributed by atoms with E-state index in [1.54, 1.807) is 0 Å². The first-order valence-corrected chi connectivity index (χ1v) is 7.97. The molecule has 1 aromatic heterocycles. The van der Waals surface area contributed by atoms with Crippen molar-refractivity contribution in [2.45, 2.75) is 50.5 Å². The lowest BCUT2D eigenvalue weighted by Crippen LogP contribution is -2.25. The molecule has 1 heterocycles. The molecule has 0 saturated heterocycles. The summed E-state index contributed by atoms with van der Waals surface area (Å²) < 4.78 is 66.7. The van der Waals surface area contributed by atoms with Crippen molar-refractivity contribution in [1.29, 1.82) is 0 Å². The second-order valence-electron chi connectivity index (χ2n) is 4.87. The van der Waals surface area contributed by atoms with Crippen LogP contribution in [-0.4, -0.2) is 27.2 Å². The molecule has 0 fully saturated rings. The van der Waals surface area contributed by atoms with Crippen LogP contribution in [0.5, 0.6) is 0 Å². The highest BCUT2D eigenvalue weighted by Gasteiger charge is 2.26. The van der Waals surface area contributed by atoms with E-state index in [1.165, 1.54) is 12.1 Å². The van der Waals surface area contributed by atoms with Gasteiger partial charge in [-0.1, -0.05) is 13.8 Å². The maximum atomic E-state index is 11.9. The van der Waals surface area contributed by atoms with Crippen LogP contribution in [0.1, 0.15) is 32.4 Å². The number of furan rings is 1. The molecule has 0 radical (unpaired) electrons. The van der Waals surface area contributed by atoms with Crippen LogP contribution < -0.4 is 10.0 Å². The molecule has 5 nitrogen and oxygen atoms in total. The average Bonchev–Trinajstić information content (AvgIpc) is 2.80. The van der Waals surface area contributed by atoms with Gasteiger partial charge in [-0.05, 0) is 18.6 Å². The Labute approximate surface area is 122 Å². The molecule has 1 aromatic rings. The van der Waals surface area contributed by atoms with Crippen molar-refractivity contribution < 1.29 is 26.0 Å². The van der Waals surface area contributed by atoms with Gasteiger partial charge in [-0.25, -0.2) is 13.1 Å². The van der Waals surface area contributed by atoms with Crippen molar-refractivity contribution in [2.24, 2.45) is 0 Å². The first kappa shape index (κ1) is 18.0. The van der Waals surface area contributed by atoms with E-state index in [-0.39, 0.29) is 24.1 Å². The third-order valence-corrected chi connectivity index (χ3v) is 3.85. The first-order valence-electron chi connectivity index (χ1n) is 6.49. The van der Waals surface area contributed by atoms with Gasteiger partial charge in [0.25, 0.3) is 10.0 Å². The summed E-state index contributed by atoms with van der Waals surface area (Å²) in [5.74, 6) is 0.444. The van der Waals surface area contributed by atoms with Crippen molar-refractivity contribution in [2.75, 3.05) is 6.54 Å². The van der Waals surface area contributed by atoms with Crippen LogP contribution in [0.4, 0.5) is 13.2 Å². The molecule has 0 aliphatic carbocycles. The third-order valence-electron chi connectivity index (χ3n) is 2.52. The van der Waals surface area contributed by atoms with Crippen LogP contribution in [0, 0.1) is 0 Å². The largest absolute Gasteiger partial charge is 0.447 e. The molecular weight excluding hydrogens is 309 g/mol. The topological polar surface area (TPSA) is 71.3 Å². The highest BCUT2D eigenvalue weighted by molar-refractivity contribution is 7.89. The molecule has 0 bridgehead atoms. The SMILES string of the molecule is CC(C)NCc1ccc(S(=O)(=O)NCCCC(F)(F)F)o1. The number of halogens is 3. The van der Waals surface area contributed by atoms with Gasteiger partial charge in [0.05, 0.1) is 6.54 Å². The van der Waals surface area contributed by atoms with E-state index in [2.05, 4.69) is 10.0 Å². The fourth-order valence-corrected chi connectivity index (χ4v) is 2.49. The van der Waals surface area contributed by atoms with E-state index < -0.39 is 22.6 Å². The van der Waals surface area contributed by atoms with Gasteiger partial charge in [-0.15, -0.1) is 0 Å². The molecule has 21 heavy (non-hydrogen) atoms. The summed E-state index contributed by atoms with van der Waals surface area (Å²) >= 11 is 0. The standard InChI is InChI=1S/C12H19F3N2O3S/c1-9(2)16-8-10-4-5-11(20-10)21(18,19)17-7-3-6-12(13,14)15/h4-5,9,16-17H,3,6-8H2,1-2H3. The zero-order valence-electron chi connectivity index (χ0n) is 11.8. The van der Waals surface area contributed by atoms with Gasteiger partial charge in [-0.2, -0.15) is 13.2 Å². The van der Waals surface area contributed by atoms with Crippen LogP contribution in [0.25, 0.3) is 0 Å². The van der Waals surface area contributed by atoms with E-state index in [9.17, 15) is 21.6 Å². The Morgan fingerprint density at radius 2 is 1.95 bits per heavy atom. The van der Waals surface area contributed by atoms with Crippen molar-refractivity contribution in [3.8, 4) is 0 Å². The molecule has 0 aliphatic rings. The van der Waals surface area contributed by atoms with E-state index in [1.807, 2.05) is 13.8 Å². The molecule has 9 heteroatoms. The normalized spacial score (nSPS) is 13.0. The Kier molecular flexibility index (Phi) is 6.24. The van der Waals surface area contributed by atoms with Crippen LogP contribution in [0.15, 0.2) is 21.6 Å². The molecule has 1 rings (SSSR count). The summed E-state index contributed by atoms with van der Waals surface area (Å²) in [4.78, 5) is 0. The van der Waals surface area contributed by atoms with Gasteiger partial charge >= 0.3 is 6.18 Å². The molecule has 0 aliphatic heterocycles. The van der Waals surface area contributed by atoms with E-state index in [0.717, 1.165) is 0 Å². The zero-order chi connectivity index (χ0) is 16.1. The predicted molar refractivity (Wildman–Crippen MR) is 71.2 cm³/mol. The molecular formula is C12H19F3N2O3S. The van der Waals surface area contributed by atoms with E-state index in [4.69, 9.17) is 4.42 Å². The number of nitrogens with one attached hydrogen (secondary N) is 2. The fraction of sp³-hybridized carbons (Fsp3) is 0.667. The van der Waals surface area contributed by atoms with E-state index >= 15 is 0 Å². The number of hydrogen-bond donors (Lipinski definition) is 2. The number of alkyl halides is 3. The average molecular weight is 328 g/mol. The second kappa shape index (κ2) is 7.28. The summed E-state index contributed by atoms with van der Waals surface area (Å²) in [6.45, 7) is 3.95. The lowest BCUT2D eigenvalue weighted by Gasteiger charge is -2.07. The molecule has 0 saturated carbocycles. The molecule has 0 aromatic carbocycles. The summed E-state index contributed by atoms with van der Waals surface area (Å²) in [5, 5.41) is 2.77. The van der Waals surface area contributed by atoms with Crippen LogP contribution in [0.3, 0.4) is 0 Å². The molecule has 0 atom stereocenters. The smallest absolute Gasteiger partial charge is 0.389 e. The first-order chi connectivity index (χ1) is 9.60. The van der Waals surface area contributed by atoms with Crippen molar-refractivity contribution in [3.63, 3.8) is 0 Å². The molecule has 0 unspecified atom stereocenters. The van der Waals surface area contributed by atoms with Crippen LogP contribution in [0.2, 0.25) is 0 Å². The number of hydrogen-bond acceptors (Lipinski definition) is 4. The summed E-state index contributed by atoms with van der Waals surface area (Å²) in [5.41, 5.74) is 0. The Morgan fingerprint density at radius 3 is 2.52 bits per heavy atom. The number of sulfonamides is 1. The lowest BCUT2D eigenvalue weighted by atomic mass is 10.3. The monoisotopic (exact) mass is 328 g/mol. The lowest BCUT2D eigenvalue weighted by molar-refractivity contribution is -0.135. The van der Waals surface area contributed by atoms with Crippen molar-refractivity contribution in [3.05, 3.63) is 17.9 Å². The molecule has 0 spiro atoms. The highest BCUT2D eigenvalue weighted by atomic mass is 32.2. The Hall–Kier alpha value is -1.06. The zero-order valence-corrected chi connectivity index (χ0v) is 12.6. The van der Waals surface area contributed by atoms with Crippen LogP contribution in [-0.2, 0) is 16.6 Å². The molecule has 2 N–H and O–H groups in total. The highest BCUT2D eigenvalue weighted by Crippen LogP contribution is 2.21. The van der Waals surface area contributed by atoms with Gasteiger partial charge in [-0.3, -0.25) is 0 Å². The maximum Gasteiger partial charge on any atom is 0.389 e. The number of rotatable bonds is 8. The Morgan fingerprint density at radius 1 is 1.29 bits per heavy atom. The van der Waals surface area contributed by atoms with Crippen molar-refractivity contribution in [1.82, 2.24) is 10.0 Å². The third kappa shape index (κ3) is 6.96. The van der Waals surface area contributed by atoms with Gasteiger partial charge < -0.3 is 9.73 Å². The summed E-state index contributed by atoms with van der Waals surface area (Å²) in [6, 6.07) is 3.01. The Balaban J connectivity index is 2.51. The fourth-order valence-electron chi connectivity index (χ4n) is 1.47. The second-order valence-corrected chi connectivity index (χ2v) is 6.57. The molecule has 122 valence electrons. The maximum absolute atomic E-state index is 11.9. The minimum absolute atomic E-state index is 0.218. The minimum atomic E-state index is -4.29. The summed E-state index contributed by atoms with van der Waals surface area (Å²) in [6.07, 6.45) is -5.63. The quantitative estimate of drug-likeness (QED) is 0.719. The van der Waals surface area contributed by atoms with Crippen molar-refractivity contribution >= 4 is 10.0 Å². The van der Waals surface area contributed by atoms with Gasteiger partial charge in [0.2, 0.25) is 5.09 Å². The van der Waals surface area contributed by atoms with Gasteiger partial charge in [0.1, 0.15) is 5.76 Å². The van der Waals surface area contributed by atoms with E-state index in [0.29, 0.717) is 12.3 Å². The predicted octanol–water partition coefficient (Wildman–Crippen LogP) is 2.40. The summed E-state index contributed by atoms with van der Waals surface area (Å²) in [7, 11) is -3.91. The van der Waals surface area contributed by atoms with Crippen LogP contribution >= 0.6 is 0 Å². The van der Waals surface area contributed by atoms with Gasteiger partial charge in [0, 0.05) is 19.0 Å². The molecule has 0 amide bonds. The Bertz CT molecular complexity index is 538.